The summed E-state index contributed by atoms with van der Waals surface area (Å²) < 4.78 is 23.1. The van der Waals surface area contributed by atoms with Crippen LogP contribution in [0.25, 0.3) is 0 Å². The van der Waals surface area contributed by atoms with Gasteiger partial charge in [-0.15, -0.1) is 11.6 Å². The van der Waals surface area contributed by atoms with E-state index in [1.165, 1.54) is 12.1 Å². The molecule has 1 unspecified atom stereocenters. The largest absolute Gasteiger partial charge is 0.349 e. The molecule has 0 aliphatic heterocycles. The second-order valence-corrected chi connectivity index (χ2v) is 8.56. The van der Waals surface area contributed by atoms with Gasteiger partial charge in [0.1, 0.15) is 0 Å². The highest BCUT2D eigenvalue weighted by molar-refractivity contribution is 7.90. The van der Waals surface area contributed by atoms with Crippen molar-refractivity contribution >= 4 is 27.3 Å². The maximum absolute atomic E-state index is 12.3. The van der Waals surface area contributed by atoms with Gasteiger partial charge in [0.2, 0.25) is 0 Å². The van der Waals surface area contributed by atoms with Crippen LogP contribution in [0.15, 0.2) is 29.2 Å². The summed E-state index contributed by atoms with van der Waals surface area (Å²) >= 11 is 5.79. The van der Waals surface area contributed by atoms with Gasteiger partial charge >= 0.3 is 0 Å². The van der Waals surface area contributed by atoms with Crippen LogP contribution in [0.2, 0.25) is 0 Å². The molecule has 0 aliphatic carbocycles. The third kappa shape index (κ3) is 5.32. The first-order valence-corrected chi connectivity index (χ1v) is 9.15. The van der Waals surface area contributed by atoms with Crippen molar-refractivity contribution in [2.24, 2.45) is 5.41 Å². The van der Waals surface area contributed by atoms with Gasteiger partial charge in [-0.25, -0.2) is 8.42 Å². The molecule has 21 heavy (non-hydrogen) atoms. The molecule has 1 aromatic rings. The molecule has 1 N–H and O–H groups in total. The van der Waals surface area contributed by atoms with Crippen LogP contribution in [0.3, 0.4) is 0 Å². The molecule has 4 nitrogen and oxygen atoms in total. The third-order valence-corrected chi connectivity index (χ3v) is 4.60. The molecular formula is C15H22ClNO3S. The number of hydrogen-bond acceptors (Lipinski definition) is 3. The molecule has 0 spiro atoms. The second-order valence-electron chi connectivity index (χ2n) is 6.17. The third-order valence-electron chi connectivity index (χ3n) is 3.27. The average Bonchev–Trinajstić information content (AvgIpc) is 2.36. The predicted octanol–water partition coefficient (Wildman–Crippen LogP) is 2.86. The van der Waals surface area contributed by atoms with Gasteiger partial charge in [0.25, 0.3) is 5.91 Å². The molecule has 0 heterocycles. The van der Waals surface area contributed by atoms with E-state index in [1.54, 1.807) is 12.1 Å². The molecule has 0 bridgehead atoms. The second kappa shape index (κ2) is 6.79. The molecule has 0 aliphatic rings. The van der Waals surface area contributed by atoms with Gasteiger partial charge in [0, 0.05) is 23.7 Å². The van der Waals surface area contributed by atoms with Crippen molar-refractivity contribution in [1.82, 2.24) is 5.32 Å². The van der Waals surface area contributed by atoms with Crippen LogP contribution < -0.4 is 5.32 Å². The Balaban J connectivity index is 2.98. The van der Waals surface area contributed by atoms with E-state index in [4.69, 9.17) is 11.6 Å². The molecular weight excluding hydrogens is 310 g/mol. The van der Waals surface area contributed by atoms with Crippen LogP contribution in [-0.4, -0.2) is 32.5 Å². The van der Waals surface area contributed by atoms with Crippen molar-refractivity contribution in [3.05, 3.63) is 29.8 Å². The van der Waals surface area contributed by atoms with Crippen LogP contribution in [0.4, 0.5) is 0 Å². The zero-order chi connectivity index (χ0) is 16.3. The number of carbonyl (C=O) groups excluding carboxylic acids is 1. The number of sulfone groups is 1. The standard InChI is InChI=1S/C15H22ClNO3S/c1-15(2,3)13(8-9-16)17-14(18)11-6-5-7-12(10-11)21(4,19)20/h5-7,10,13H,8-9H2,1-4H3,(H,17,18). The molecule has 0 saturated carbocycles. The molecule has 1 atom stereocenters. The van der Waals surface area contributed by atoms with Crippen molar-refractivity contribution in [2.45, 2.75) is 38.1 Å². The van der Waals surface area contributed by atoms with E-state index in [-0.39, 0.29) is 22.3 Å². The molecule has 6 heteroatoms. The van der Waals surface area contributed by atoms with Crippen molar-refractivity contribution in [3.8, 4) is 0 Å². The monoisotopic (exact) mass is 331 g/mol. The molecule has 0 radical (unpaired) electrons. The number of alkyl halides is 1. The first-order chi connectivity index (χ1) is 9.55. The van der Waals surface area contributed by atoms with Gasteiger partial charge in [-0.05, 0) is 30.0 Å². The fourth-order valence-corrected chi connectivity index (χ4v) is 2.83. The Labute approximate surface area is 131 Å². The van der Waals surface area contributed by atoms with Crippen molar-refractivity contribution < 1.29 is 13.2 Å². The number of benzene rings is 1. The number of carbonyl (C=O) groups is 1. The zero-order valence-corrected chi connectivity index (χ0v) is 14.4. The fourth-order valence-electron chi connectivity index (χ4n) is 1.94. The normalized spacial score (nSPS) is 13.8. The van der Waals surface area contributed by atoms with Crippen molar-refractivity contribution in [1.29, 1.82) is 0 Å². The van der Waals surface area contributed by atoms with Gasteiger partial charge < -0.3 is 5.32 Å². The quantitative estimate of drug-likeness (QED) is 0.844. The SMILES string of the molecule is CC(C)(C)C(CCCl)NC(=O)c1cccc(S(C)(=O)=O)c1. The highest BCUT2D eigenvalue weighted by Gasteiger charge is 2.26. The summed E-state index contributed by atoms with van der Waals surface area (Å²) in [5.41, 5.74) is 0.209. The van der Waals surface area contributed by atoms with Crippen LogP contribution in [0, 0.1) is 5.41 Å². The number of rotatable bonds is 5. The van der Waals surface area contributed by atoms with Gasteiger partial charge in [0.05, 0.1) is 4.90 Å². The highest BCUT2D eigenvalue weighted by atomic mass is 35.5. The van der Waals surface area contributed by atoms with Crippen LogP contribution in [-0.2, 0) is 9.84 Å². The van der Waals surface area contributed by atoms with E-state index in [9.17, 15) is 13.2 Å². The van der Waals surface area contributed by atoms with Gasteiger partial charge in [0.15, 0.2) is 9.84 Å². The number of amides is 1. The van der Waals surface area contributed by atoms with Crippen molar-refractivity contribution in [2.75, 3.05) is 12.1 Å². The predicted molar refractivity (Wildman–Crippen MR) is 85.6 cm³/mol. The minimum Gasteiger partial charge on any atom is -0.349 e. The Morgan fingerprint density at radius 3 is 2.43 bits per heavy atom. The van der Waals surface area contributed by atoms with Gasteiger partial charge in [-0.2, -0.15) is 0 Å². The Morgan fingerprint density at radius 1 is 1.33 bits per heavy atom. The fraction of sp³-hybridized carbons (Fsp3) is 0.533. The first kappa shape index (κ1) is 18.0. The van der Waals surface area contributed by atoms with Crippen LogP contribution in [0.1, 0.15) is 37.6 Å². The van der Waals surface area contributed by atoms with E-state index >= 15 is 0 Å². The number of halogens is 1. The van der Waals surface area contributed by atoms with E-state index < -0.39 is 9.84 Å². The Morgan fingerprint density at radius 2 is 1.95 bits per heavy atom. The molecule has 118 valence electrons. The van der Waals surface area contributed by atoms with Crippen molar-refractivity contribution in [3.63, 3.8) is 0 Å². The maximum atomic E-state index is 12.3. The summed E-state index contributed by atoms with van der Waals surface area (Å²) in [5.74, 6) is 0.163. The van der Waals surface area contributed by atoms with E-state index in [2.05, 4.69) is 5.32 Å². The summed E-state index contributed by atoms with van der Waals surface area (Å²) in [4.78, 5) is 12.4. The summed E-state index contributed by atoms with van der Waals surface area (Å²) in [6.07, 6.45) is 1.78. The maximum Gasteiger partial charge on any atom is 0.251 e. The molecule has 0 aromatic heterocycles. The van der Waals surface area contributed by atoms with Crippen LogP contribution >= 0.6 is 11.6 Å². The molecule has 1 rings (SSSR count). The van der Waals surface area contributed by atoms with E-state index in [0.717, 1.165) is 6.26 Å². The van der Waals surface area contributed by atoms with E-state index in [0.29, 0.717) is 17.9 Å². The minimum absolute atomic E-state index is 0.0793. The summed E-state index contributed by atoms with van der Waals surface area (Å²) in [6.45, 7) is 6.08. The lowest BCUT2D eigenvalue weighted by atomic mass is 9.85. The zero-order valence-electron chi connectivity index (χ0n) is 12.8. The smallest absolute Gasteiger partial charge is 0.251 e. The molecule has 1 amide bonds. The number of nitrogens with one attached hydrogen (secondary N) is 1. The minimum atomic E-state index is -3.33. The highest BCUT2D eigenvalue weighted by Crippen LogP contribution is 2.23. The summed E-state index contributed by atoms with van der Waals surface area (Å²) in [6, 6.07) is 5.96. The average molecular weight is 332 g/mol. The topological polar surface area (TPSA) is 63.2 Å². The first-order valence-electron chi connectivity index (χ1n) is 6.72. The Kier molecular flexibility index (Phi) is 5.82. The van der Waals surface area contributed by atoms with E-state index in [1.807, 2.05) is 20.8 Å². The van der Waals surface area contributed by atoms with Crippen LogP contribution in [0.5, 0.6) is 0 Å². The Hall–Kier alpha value is -1.07. The lowest BCUT2D eigenvalue weighted by molar-refractivity contribution is 0.0900. The molecule has 0 saturated heterocycles. The Bertz CT molecular complexity index is 606. The van der Waals surface area contributed by atoms with Gasteiger partial charge in [-0.3, -0.25) is 4.79 Å². The lowest BCUT2D eigenvalue weighted by Gasteiger charge is -2.31. The molecule has 1 aromatic carbocycles. The van der Waals surface area contributed by atoms with Gasteiger partial charge in [-0.1, -0.05) is 26.8 Å². The number of hydrogen-bond donors (Lipinski definition) is 1. The molecule has 0 fully saturated rings. The summed E-state index contributed by atoms with van der Waals surface area (Å²) in [7, 11) is -3.33. The summed E-state index contributed by atoms with van der Waals surface area (Å²) in [5, 5.41) is 2.93. The lowest BCUT2D eigenvalue weighted by Crippen LogP contribution is -2.44.